The highest BCUT2D eigenvalue weighted by Gasteiger charge is 2.67. The smallest absolute Gasteiger partial charge is 0.326 e. The zero-order valence-corrected chi connectivity index (χ0v) is 23.6. The third kappa shape index (κ3) is 6.65. The SMILES string of the molecule is O=C(Nc1cc(F)c(NC(=O)C(F)(F)F)c(F)c1)c1cc(NC(=O)[C@H]2[C@H](c3ccc(Cl)c(Cl)c3)C2(Cl)Cl)ccc1Cl. The number of benzene rings is 3. The van der Waals surface area contributed by atoms with Crippen molar-refractivity contribution in [3.05, 3.63) is 86.4 Å². The van der Waals surface area contributed by atoms with Crippen LogP contribution in [0.2, 0.25) is 15.1 Å². The second kappa shape index (κ2) is 11.4. The normalized spacial score (nSPS) is 17.5. The summed E-state index contributed by atoms with van der Waals surface area (Å²) in [6.07, 6.45) is -5.39. The van der Waals surface area contributed by atoms with Gasteiger partial charge in [-0.3, -0.25) is 14.4 Å². The van der Waals surface area contributed by atoms with Gasteiger partial charge in [0.15, 0.2) is 11.6 Å². The van der Waals surface area contributed by atoms with Crippen LogP contribution in [0, 0.1) is 17.6 Å². The maximum atomic E-state index is 14.3. The first-order chi connectivity index (χ1) is 19.0. The Morgan fingerprint density at radius 3 is 1.95 bits per heavy atom. The summed E-state index contributed by atoms with van der Waals surface area (Å²) in [5, 5.41) is 6.23. The molecule has 3 amide bonds. The van der Waals surface area contributed by atoms with Crippen LogP contribution in [0.5, 0.6) is 0 Å². The Bertz CT molecular complexity index is 1560. The largest absolute Gasteiger partial charge is 0.471 e. The lowest BCUT2D eigenvalue weighted by atomic mass is 10.1. The summed E-state index contributed by atoms with van der Waals surface area (Å²) < 4.78 is 64.3. The number of hydrogen-bond acceptors (Lipinski definition) is 3. The predicted octanol–water partition coefficient (Wildman–Crippen LogP) is 8.20. The fraction of sp³-hybridized carbons (Fsp3) is 0.160. The van der Waals surface area contributed by atoms with E-state index in [-0.39, 0.29) is 21.3 Å². The second-order valence-corrected chi connectivity index (χ2v) is 11.4. The molecular weight excluding hydrogens is 663 g/mol. The molecule has 3 aromatic carbocycles. The van der Waals surface area contributed by atoms with Gasteiger partial charge in [-0.05, 0) is 48.0 Å². The van der Waals surface area contributed by atoms with Crippen LogP contribution >= 0.6 is 58.0 Å². The van der Waals surface area contributed by atoms with E-state index in [9.17, 15) is 36.3 Å². The van der Waals surface area contributed by atoms with Crippen LogP contribution in [0.1, 0.15) is 21.8 Å². The third-order valence-corrected chi connectivity index (χ3v) is 7.92. The van der Waals surface area contributed by atoms with Gasteiger partial charge in [0.05, 0.1) is 26.5 Å². The Kier molecular flexibility index (Phi) is 8.69. The molecule has 0 aliphatic heterocycles. The van der Waals surface area contributed by atoms with Gasteiger partial charge in [-0.1, -0.05) is 40.9 Å². The molecule has 0 spiro atoms. The van der Waals surface area contributed by atoms with E-state index in [1.165, 1.54) is 30.3 Å². The molecule has 41 heavy (non-hydrogen) atoms. The van der Waals surface area contributed by atoms with Crippen LogP contribution in [0.15, 0.2) is 48.5 Å². The molecular formula is C25H13Cl5F5N3O3. The first-order valence-electron chi connectivity index (χ1n) is 11.1. The summed E-state index contributed by atoms with van der Waals surface area (Å²) >= 11 is 30.8. The quantitative estimate of drug-likeness (QED) is 0.182. The summed E-state index contributed by atoms with van der Waals surface area (Å²) in [7, 11) is 0. The van der Waals surface area contributed by atoms with E-state index in [2.05, 4.69) is 10.6 Å². The first kappa shape index (κ1) is 31.1. The summed E-state index contributed by atoms with van der Waals surface area (Å²) in [4.78, 5) is 36.8. The number of alkyl halides is 5. The van der Waals surface area contributed by atoms with E-state index in [0.717, 1.165) is 5.32 Å². The summed E-state index contributed by atoms with van der Waals surface area (Å²) in [5.41, 5.74) is -1.43. The zero-order chi connectivity index (χ0) is 30.4. The summed E-state index contributed by atoms with van der Waals surface area (Å²) in [6.45, 7) is 0. The van der Waals surface area contributed by atoms with Gasteiger partial charge in [-0.15, -0.1) is 23.2 Å². The molecule has 1 aliphatic carbocycles. The van der Waals surface area contributed by atoms with Gasteiger partial charge in [0.25, 0.3) is 5.91 Å². The van der Waals surface area contributed by atoms with Crippen molar-refractivity contribution in [2.75, 3.05) is 16.0 Å². The molecule has 216 valence electrons. The van der Waals surface area contributed by atoms with E-state index < -0.39 is 63.1 Å². The number of rotatable bonds is 6. The first-order valence-corrected chi connectivity index (χ1v) is 13.0. The monoisotopic (exact) mass is 673 g/mol. The average Bonchev–Trinajstić information content (AvgIpc) is 3.45. The van der Waals surface area contributed by atoms with Gasteiger partial charge >= 0.3 is 12.1 Å². The lowest BCUT2D eigenvalue weighted by Crippen LogP contribution is -2.30. The Morgan fingerprint density at radius 2 is 1.37 bits per heavy atom. The summed E-state index contributed by atoms with van der Waals surface area (Å²) in [6, 6.07) is 9.47. The van der Waals surface area contributed by atoms with Crippen molar-refractivity contribution in [2.45, 2.75) is 16.4 Å². The molecule has 0 bridgehead atoms. The zero-order valence-electron chi connectivity index (χ0n) is 19.8. The van der Waals surface area contributed by atoms with Crippen molar-refractivity contribution in [1.82, 2.24) is 0 Å². The van der Waals surface area contributed by atoms with Crippen LogP contribution in [0.3, 0.4) is 0 Å². The predicted molar refractivity (Wildman–Crippen MR) is 146 cm³/mol. The molecule has 0 heterocycles. The van der Waals surface area contributed by atoms with Crippen molar-refractivity contribution in [2.24, 2.45) is 5.92 Å². The molecule has 0 aromatic heterocycles. The van der Waals surface area contributed by atoms with Crippen LogP contribution in [-0.2, 0) is 9.59 Å². The highest BCUT2D eigenvalue weighted by atomic mass is 35.5. The van der Waals surface area contributed by atoms with Gasteiger partial charge in [-0.25, -0.2) is 8.78 Å². The molecule has 0 unspecified atom stereocenters. The van der Waals surface area contributed by atoms with E-state index in [4.69, 9.17) is 58.0 Å². The molecule has 1 aliphatic rings. The van der Waals surface area contributed by atoms with Crippen molar-refractivity contribution < 1.29 is 36.3 Å². The minimum atomic E-state index is -5.39. The van der Waals surface area contributed by atoms with Gasteiger partial charge < -0.3 is 16.0 Å². The van der Waals surface area contributed by atoms with Gasteiger partial charge in [-0.2, -0.15) is 13.2 Å². The molecule has 1 fully saturated rings. The standard InChI is InChI=1S/C25H13Cl5F5N3O3/c26-13-4-2-10(36-22(40)19-18(24(19,29)30)9-1-3-14(27)15(28)5-9)6-12(13)21(39)37-11-7-16(31)20(17(32)8-11)38-23(41)25(33,34)35/h1-8,18-19H,(H,36,40)(H,37,39)(H,38,41)/t18-,19+/m0/s1. The van der Waals surface area contributed by atoms with E-state index in [1.54, 1.807) is 6.07 Å². The lowest BCUT2D eigenvalue weighted by molar-refractivity contribution is -0.167. The topological polar surface area (TPSA) is 87.3 Å². The second-order valence-electron chi connectivity index (χ2n) is 8.71. The van der Waals surface area contributed by atoms with Crippen LogP contribution in [-0.4, -0.2) is 28.2 Å². The highest BCUT2D eigenvalue weighted by Crippen LogP contribution is 2.65. The van der Waals surface area contributed by atoms with Crippen LogP contribution in [0.25, 0.3) is 0 Å². The van der Waals surface area contributed by atoms with E-state index in [1.807, 2.05) is 0 Å². The number of anilines is 3. The number of carbonyl (C=O) groups is 3. The van der Waals surface area contributed by atoms with Gasteiger partial charge in [0.2, 0.25) is 5.91 Å². The molecule has 16 heteroatoms. The lowest BCUT2D eigenvalue weighted by Gasteiger charge is -2.13. The van der Waals surface area contributed by atoms with Crippen molar-refractivity contribution in [3.63, 3.8) is 0 Å². The van der Waals surface area contributed by atoms with Crippen LogP contribution in [0.4, 0.5) is 39.0 Å². The molecule has 3 N–H and O–H groups in total. The minimum Gasteiger partial charge on any atom is -0.326 e. The molecule has 0 saturated heterocycles. The average molecular weight is 676 g/mol. The maximum Gasteiger partial charge on any atom is 0.471 e. The molecule has 0 radical (unpaired) electrons. The number of hydrogen-bond donors (Lipinski definition) is 3. The molecule has 4 rings (SSSR count). The van der Waals surface area contributed by atoms with Crippen molar-refractivity contribution in [3.8, 4) is 0 Å². The van der Waals surface area contributed by atoms with E-state index >= 15 is 0 Å². The third-order valence-electron chi connectivity index (χ3n) is 5.91. The number of carbonyl (C=O) groups excluding carboxylic acids is 3. The minimum absolute atomic E-state index is 0.0936. The van der Waals surface area contributed by atoms with Crippen molar-refractivity contribution >= 4 is 92.8 Å². The van der Waals surface area contributed by atoms with Gasteiger partial charge in [0, 0.05) is 17.3 Å². The number of amides is 3. The Morgan fingerprint density at radius 1 is 0.756 bits per heavy atom. The number of halogens is 10. The highest BCUT2D eigenvalue weighted by molar-refractivity contribution is 6.53. The van der Waals surface area contributed by atoms with Crippen LogP contribution < -0.4 is 16.0 Å². The molecule has 1 saturated carbocycles. The Balaban J connectivity index is 1.49. The van der Waals surface area contributed by atoms with Gasteiger partial charge in [0.1, 0.15) is 10.0 Å². The van der Waals surface area contributed by atoms with E-state index in [0.29, 0.717) is 22.7 Å². The Labute approximate surface area is 253 Å². The molecule has 2 atom stereocenters. The fourth-order valence-electron chi connectivity index (χ4n) is 3.92. The number of nitrogens with one attached hydrogen (secondary N) is 3. The van der Waals surface area contributed by atoms with Crippen molar-refractivity contribution in [1.29, 1.82) is 0 Å². The molecule has 3 aromatic rings. The summed E-state index contributed by atoms with van der Waals surface area (Å²) in [5.74, 6) is -8.87. The molecule has 6 nitrogen and oxygen atoms in total. The Hall–Kier alpha value is -2.83. The fourth-order valence-corrected chi connectivity index (χ4v) is 5.26. The maximum absolute atomic E-state index is 14.3.